The van der Waals surface area contributed by atoms with E-state index >= 15 is 0 Å². The fraction of sp³-hybridized carbons (Fsp3) is 0.412. The van der Waals surface area contributed by atoms with E-state index < -0.39 is 0 Å². The predicted octanol–water partition coefficient (Wildman–Crippen LogP) is 2.20. The molecular formula is C17H19N3O. The van der Waals surface area contributed by atoms with E-state index in [9.17, 15) is 4.79 Å². The standard InChI is InChI=1S/C17H19N3O/c21-17(20-10-8-13-5-6-14(11-20)19-13)16-15-4-2-1-3-12(15)7-9-18-16/h1-4,7,9,13-14,19H,5-6,8,10-11H2. The highest BCUT2D eigenvalue weighted by Gasteiger charge is 2.32. The van der Waals surface area contributed by atoms with Crippen molar-refractivity contribution in [3.05, 3.63) is 42.2 Å². The predicted molar refractivity (Wildman–Crippen MR) is 82.2 cm³/mol. The normalized spacial score (nSPS) is 25.0. The lowest BCUT2D eigenvalue weighted by molar-refractivity contribution is 0.0744. The van der Waals surface area contributed by atoms with Gasteiger partial charge in [-0.15, -0.1) is 0 Å². The van der Waals surface area contributed by atoms with Gasteiger partial charge in [-0.1, -0.05) is 24.3 Å². The van der Waals surface area contributed by atoms with Gasteiger partial charge in [-0.3, -0.25) is 9.78 Å². The molecule has 3 heterocycles. The number of nitrogens with one attached hydrogen (secondary N) is 1. The number of nitrogens with zero attached hydrogens (tertiary/aromatic N) is 2. The zero-order chi connectivity index (χ0) is 14.2. The van der Waals surface area contributed by atoms with Gasteiger partial charge < -0.3 is 10.2 Å². The number of hydrogen-bond acceptors (Lipinski definition) is 3. The average molecular weight is 281 g/mol. The van der Waals surface area contributed by atoms with Crippen molar-refractivity contribution in [2.75, 3.05) is 13.1 Å². The molecule has 2 bridgehead atoms. The Labute approximate surface area is 124 Å². The van der Waals surface area contributed by atoms with Crippen molar-refractivity contribution in [3.63, 3.8) is 0 Å². The Kier molecular flexibility index (Phi) is 3.11. The zero-order valence-corrected chi connectivity index (χ0v) is 12.0. The summed E-state index contributed by atoms with van der Waals surface area (Å²) in [4.78, 5) is 19.2. The molecule has 0 saturated carbocycles. The van der Waals surface area contributed by atoms with Crippen molar-refractivity contribution in [2.45, 2.75) is 31.3 Å². The number of likely N-dealkylation sites (tertiary alicyclic amines) is 1. The van der Waals surface area contributed by atoms with Crippen LogP contribution in [-0.2, 0) is 0 Å². The summed E-state index contributed by atoms with van der Waals surface area (Å²) in [6, 6.07) is 11.0. The molecule has 2 unspecified atom stereocenters. The minimum Gasteiger partial charge on any atom is -0.336 e. The maximum atomic E-state index is 12.9. The summed E-state index contributed by atoms with van der Waals surface area (Å²) >= 11 is 0. The SMILES string of the molecule is O=C(c1nccc2ccccc12)N1CCC2CCC(C1)N2. The number of amides is 1. The van der Waals surface area contributed by atoms with Crippen LogP contribution in [0, 0.1) is 0 Å². The first-order chi connectivity index (χ1) is 10.3. The van der Waals surface area contributed by atoms with Gasteiger partial charge in [0.05, 0.1) is 0 Å². The summed E-state index contributed by atoms with van der Waals surface area (Å²) in [6.07, 6.45) is 5.21. The minimum absolute atomic E-state index is 0.0705. The highest BCUT2D eigenvalue weighted by Crippen LogP contribution is 2.23. The Morgan fingerprint density at radius 2 is 2.00 bits per heavy atom. The molecule has 2 aliphatic rings. The lowest BCUT2D eigenvalue weighted by Gasteiger charge is -2.24. The molecule has 108 valence electrons. The summed E-state index contributed by atoms with van der Waals surface area (Å²) in [5, 5.41) is 5.64. The molecule has 0 radical (unpaired) electrons. The van der Waals surface area contributed by atoms with E-state index in [1.54, 1.807) is 6.20 Å². The topological polar surface area (TPSA) is 45.2 Å². The minimum atomic E-state index is 0.0705. The smallest absolute Gasteiger partial charge is 0.273 e. The fourth-order valence-electron chi connectivity index (χ4n) is 3.57. The molecule has 0 aliphatic carbocycles. The third-order valence-electron chi connectivity index (χ3n) is 4.69. The molecule has 4 rings (SSSR count). The Balaban J connectivity index is 1.67. The highest BCUT2D eigenvalue weighted by atomic mass is 16.2. The van der Waals surface area contributed by atoms with E-state index in [2.05, 4.69) is 10.3 Å². The summed E-state index contributed by atoms with van der Waals surface area (Å²) < 4.78 is 0. The van der Waals surface area contributed by atoms with Gasteiger partial charge in [0.15, 0.2) is 0 Å². The first kappa shape index (κ1) is 12.8. The second kappa shape index (κ2) is 5.11. The molecule has 4 nitrogen and oxygen atoms in total. The van der Waals surface area contributed by atoms with Crippen molar-refractivity contribution >= 4 is 16.7 Å². The van der Waals surface area contributed by atoms with Gasteiger partial charge in [0, 0.05) is 36.8 Å². The molecule has 2 aliphatic heterocycles. The highest BCUT2D eigenvalue weighted by molar-refractivity contribution is 6.05. The van der Waals surface area contributed by atoms with E-state index in [1.165, 1.54) is 12.8 Å². The zero-order valence-electron chi connectivity index (χ0n) is 12.0. The number of aromatic nitrogens is 1. The molecular weight excluding hydrogens is 262 g/mol. The van der Waals surface area contributed by atoms with Crippen LogP contribution in [0.1, 0.15) is 29.8 Å². The van der Waals surface area contributed by atoms with Gasteiger partial charge in [0.25, 0.3) is 5.91 Å². The number of pyridine rings is 1. The van der Waals surface area contributed by atoms with Crippen molar-refractivity contribution in [1.29, 1.82) is 0 Å². The van der Waals surface area contributed by atoms with Crippen molar-refractivity contribution in [1.82, 2.24) is 15.2 Å². The monoisotopic (exact) mass is 281 g/mol. The molecule has 2 aromatic rings. The maximum absolute atomic E-state index is 12.9. The third-order valence-corrected chi connectivity index (χ3v) is 4.69. The Morgan fingerprint density at radius 1 is 1.14 bits per heavy atom. The van der Waals surface area contributed by atoms with Crippen LogP contribution < -0.4 is 5.32 Å². The summed E-state index contributed by atoms with van der Waals surface area (Å²) in [7, 11) is 0. The van der Waals surface area contributed by atoms with Crippen LogP contribution in [0.25, 0.3) is 10.8 Å². The summed E-state index contributed by atoms with van der Waals surface area (Å²) in [5.41, 5.74) is 0.589. The van der Waals surface area contributed by atoms with E-state index in [0.29, 0.717) is 17.8 Å². The Bertz CT molecular complexity index is 679. The molecule has 2 saturated heterocycles. The van der Waals surface area contributed by atoms with Crippen LogP contribution >= 0.6 is 0 Å². The molecule has 0 spiro atoms. The summed E-state index contributed by atoms with van der Waals surface area (Å²) in [5.74, 6) is 0.0705. The van der Waals surface area contributed by atoms with Crippen LogP contribution in [0.3, 0.4) is 0 Å². The number of carbonyl (C=O) groups is 1. The molecule has 4 heteroatoms. The lowest BCUT2D eigenvalue weighted by atomic mass is 10.1. The van der Waals surface area contributed by atoms with Crippen LogP contribution in [0.5, 0.6) is 0 Å². The summed E-state index contributed by atoms with van der Waals surface area (Å²) in [6.45, 7) is 1.64. The second-order valence-corrected chi connectivity index (χ2v) is 6.06. The molecule has 21 heavy (non-hydrogen) atoms. The van der Waals surface area contributed by atoms with E-state index in [-0.39, 0.29) is 5.91 Å². The maximum Gasteiger partial charge on any atom is 0.273 e. The van der Waals surface area contributed by atoms with Gasteiger partial charge in [0.2, 0.25) is 0 Å². The van der Waals surface area contributed by atoms with Gasteiger partial charge in [0.1, 0.15) is 5.69 Å². The molecule has 1 aromatic carbocycles. The van der Waals surface area contributed by atoms with E-state index in [4.69, 9.17) is 0 Å². The number of fused-ring (bicyclic) bond motifs is 3. The Morgan fingerprint density at radius 3 is 2.95 bits per heavy atom. The lowest BCUT2D eigenvalue weighted by Crippen LogP contribution is -2.39. The number of hydrogen-bond donors (Lipinski definition) is 1. The number of rotatable bonds is 1. The van der Waals surface area contributed by atoms with Gasteiger partial charge in [-0.05, 0) is 30.7 Å². The Hall–Kier alpha value is -1.94. The number of benzene rings is 1. The second-order valence-electron chi connectivity index (χ2n) is 6.06. The molecule has 1 amide bonds. The largest absolute Gasteiger partial charge is 0.336 e. The quantitative estimate of drug-likeness (QED) is 0.871. The molecule has 2 fully saturated rings. The van der Waals surface area contributed by atoms with Crippen LogP contribution in [0.15, 0.2) is 36.5 Å². The van der Waals surface area contributed by atoms with Crippen LogP contribution in [-0.4, -0.2) is 41.0 Å². The number of carbonyl (C=O) groups excluding carboxylic acids is 1. The van der Waals surface area contributed by atoms with Crippen LogP contribution in [0.4, 0.5) is 0 Å². The van der Waals surface area contributed by atoms with Crippen molar-refractivity contribution < 1.29 is 4.79 Å². The van der Waals surface area contributed by atoms with Crippen molar-refractivity contribution in [2.24, 2.45) is 0 Å². The van der Waals surface area contributed by atoms with Crippen LogP contribution in [0.2, 0.25) is 0 Å². The third kappa shape index (κ3) is 2.29. The first-order valence-electron chi connectivity index (χ1n) is 7.70. The molecule has 1 N–H and O–H groups in total. The van der Waals surface area contributed by atoms with E-state index in [0.717, 1.165) is 30.3 Å². The van der Waals surface area contributed by atoms with Crippen molar-refractivity contribution in [3.8, 4) is 0 Å². The molecule has 1 aromatic heterocycles. The first-order valence-corrected chi connectivity index (χ1v) is 7.70. The van der Waals surface area contributed by atoms with Gasteiger partial charge in [-0.25, -0.2) is 0 Å². The van der Waals surface area contributed by atoms with Gasteiger partial charge in [-0.2, -0.15) is 0 Å². The fourth-order valence-corrected chi connectivity index (χ4v) is 3.57. The average Bonchev–Trinajstić information content (AvgIpc) is 2.85. The van der Waals surface area contributed by atoms with Gasteiger partial charge >= 0.3 is 0 Å². The van der Waals surface area contributed by atoms with E-state index in [1.807, 2.05) is 35.2 Å². The molecule has 2 atom stereocenters.